The highest BCUT2D eigenvalue weighted by atomic mass is 16.6. The van der Waals surface area contributed by atoms with Gasteiger partial charge in [-0.25, -0.2) is 9.59 Å². The summed E-state index contributed by atoms with van der Waals surface area (Å²) in [5.41, 5.74) is 3.12. The number of hydrogen-bond acceptors (Lipinski definition) is 5. The van der Waals surface area contributed by atoms with Crippen molar-refractivity contribution >= 4 is 16.9 Å². The van der Waals surface area contributed by atoms with Crippen molar-refractivity contribution in [1.29, 1.82) is 0 Å². The van der Waals surface area contributed by atoms with Crippen LogP contribution >= 0.6 is 0 Å². The van der Waals surface area contributed by atoms with E-state index < -0.39 is 11.6 Å². The first-order valence-corrected chi connectivity index (χ1v) is 8.82. The van der Waals surface area contributed by atoms with Crippen LogP contribution in [0.2, 0.25) is 0 Å². The zero-order valence-electron chi connectivity index (χ0n) is 15.9. The van der Waals surface area contributed by atoms with Gasteiger partial charge in [-0.1, -0.05) is 19.9 Å². The Bertz CT molecular complexity index is 1050. The van der Waals surface area contributed by atoms with E-state index in [1.165, 1.54) is 6.07 Å². The van der Waals surface area contributed by atoms with Crippen LogP contribution in [0.3, 0.4) is 0 Å². The van der Waals surface area contributed by atoms with Crippen LogP contribution in [0, 0.1) is 13.8 Å². The van der Waals surface area contributed by atoms with Crippen molar-refractivity contribution in [2.24, 2.45) is 0 Å². The summed E-state index contributed by atoms with van der Waals surface area (Å²) in [7, 11) is 0. The van der Waals surface area contributed by atoms with Crippen LogP contribution in [0.5, 0.6) is 11.5 Å². The Kier molecular flexibility index (Phi) is 5.31. The Morgan fingerprint density at radius 2 is 1.74 bits per heavy atom. The highest BCUT2D eigenvalue weighted by Crippen LogP contribution is 2.27. The van der Waals surface area contributed by atoms with Gasteiger partial charge in [-0.15, -0.1) is 0 Å². The molecule has 0 unspecified atom stereocenters. The first kappa shape index (κ1) is 18.7. The maximum absolute atomic E-state index is 12.1. The fourth-order valence-electron chi connectivity index (χ4n) is 2.82. The van der Waals surface area contributed by atoms with Gasteiger partial charge < -0.3 is 13.9 Å². The second kappa shape index (κ2) is 7.66. The summed E-state index contributed by atoms with van der Waals surface area (Å²) in [4.78, 5) is 23.8. The Morgan fingerprint density at radius 3 is 2.44 bits per heavy atom. The summed E-state index contributed by atoms with van der Waals surface area (Å²) in [5.74, 6) is 0.563. The molecule has 2 aromatic carbocycles. The standard InChI is InChI=1S/C22H22O5/c1-13(2)19-11-21(23)27-20-10-17(7-8-18(19)20)26-22(24)12-25-16-6-5-14(3)15(4)9-16/h5-11,13H,12H2,1-4H3. The van der Waals surface area contributed by atoms with E-state index in [-0.39, 0.29) is 12.5 Å². The minimum atomic E-state index is -0.532. The summed E-state index contributed by atoms with van der Waals surface area (Å²) in [6.45, 7) is 7.79. The summed E-state index contributed by atoms with van der Waals surface area (Å²) in [6, 6.07) is 12.2. The molecule has 0 atom stereocenters. The van der Waals surface area contributed by atoms with E-state index in [0.29, 0.717) is 17.1 Å². The number of rotatable bonds is 5. The molecular weight excluding hydrogens is 344 g/mol. The molecule has 5 nitrogen and oxygen atoms in total. The molecule has 140 valence electrons. The molecule has 3 aromatic rings. The second-order valence-electron chi connectivity index (χ2n) is 6.84. The number of aryl methyl sites for hydroxylation is 2. The molecule has 0 radical (unpaired) electrons. The van der Waals surface area contributed by atoms with Crippen LogP contribution in [0.15, 0.2) is 51.7 Å². The molecule has 0 saturated carbocycles. The zero-order chi connectivity index (χ0) is 19.6. The third-order valence-corrected chi connectivity index (χ3v) is 4.44. The van der Waals surface area contributed by atoms with Gasteiger partial charge >= 0.3 is 11.6 Å². The summed E-state index contributed by atoms with van der Waals surface area (Å²) in [5, 5.41) is 0.829. The van der Waals surface area contributed by atoms with Crippen LogP contribution in [0.25, 0.3) is 11.0 Å². The molecule has 0 bridgehead atoms. The predicted molar refractivity (Wildman–Crippen MR) is 104 cm³/mol. The van der Waals surface area contributed by atoms with E-state index in [1.807, 2.05) is 45.9 Å². The van der Waals surface area contributed by atoms with Gasteiger partial charge in [-0.2, -0.15) is 0 Å². The van der Waals surface area contributed by atoms with Crippen molar-refractivity contribution in [3.05, 3.63) is 69.6 Å². The topological polar surface area (TPSA) is 65.7 Å². The minimum absolute atomic E-state index is 0.177. The monoisotopic (exact) mass is 366 g/mol. The molecule has 0 spiro atoms. The van der Waals surface area contributed by atoms with Crippen LogP contribution in [-0.4, -0.2) is 12.6 Å². The predicted octanol–water partition coefficient (Wildman–Crippen LogP) is 4.52. The van der Waals surface area contributed by atoms with E-state index in [4.69, 9.17) is 13.9 Å². The number of fused-ring (bicyclic) bond motifs is 1. The number of carbonyl (C=O) groups excluding carboxylic acids is 1. The second-order valence-corrected chi connectivity index (χ2v) is 6.84. The first-order chi connectivity index (χ1) is 12.8. The fraction of sp³-hybridized carbons (Fsp3) is 0.273. The number of benzene rings is 2. The van der Waals surface area contributed by atoms with E-state index >= 15 is 0 Å². The van der Waals surface area contributed by atoms with E-state index in [2.05, 4.69) is 0 Å². The number of hydrogen-bond donors (Lipinski definition) is 0. The molecule has 27 heavy (non-hydrogen) atoms. The van der Waals surface area contributed by atoms with Gasteiger partial charge in [0.2, 0.25) is 0 Å². The number of ether oxygens (including phenoxy) is 2. The molecule has 1 aromatic heterocycles. The van der Waals surface area contributed by atoms with Crippen molar-refractivity contribution in [2.75, 3.05) is 6.61 Å². The molecule has 0 aliphatic carbocycles. The molecule has 0 amide bonds. The lowest BCUT2D eigenvalue weighted by Gasteiger charge is -2.11. The third kappa shape index (κ3) is 4.37. The third-order valence-electron chi connectivity index (χ3n) is 4.44. The van der Waals surface area contributed by atoms with Gasteiger partial charge in [-0.05, 0) is 60.7 Å². The van der Waals surface area contributed by atoms with Gasteiger partial charge in [0.25, 0.3) is 0 Å². The smallest absolute Gasteiger partial charge is 0.349 e. The SMILES string of the molecule is Cc1ccc(OCC(=O)Oc2ccc3c(C(C)C)cc(=O)oc3c2)cc1C. The molecular formula is C22H22O5. The molecule has 1 heterocycles. The van der Waals surface area contributed by atoms with Crippen LogP contribution in [-0.2, 0) is 4.79 Å². The molecule has 3 rings (SSSR count). The van der Waals surface area contributed by atoms with Crippen LogP contribution in [0.4, 0.5) is 0 Å². The molecule has 5 heteroatoms. The Labute approximate surface area is 157 Å². The Balaban J connectivity index is 1.73. The molecule has 0 aliphatic rings. The van der Waals surface area contributed by atoms with Crippen LogP contribution < -0.4 is 15.1 Å². The van der Waals surface area contributed by atoms with Crippen molar-refractivity contribution in [3.63, 3.8) is 0 Å². The van der Waals surface area contributed by atoms with Gasteiger partial charge in [0, 0.05) is 17.5 Å². The Morgan fingerprint density at radius 1 is 1.00 bits per heavy atom. The minimum Gasteiger partial charge on any atom is -0.482 e. The largest absolute Gasteiger partial charge is 0.482 e. The highest BCUT2D eigenvalue weighted by Gasteiger charge is 2.12. The highest BCUT2D eigenvalue weighted by molar-refractivity contribution is 5.83. The zero-order valence-corrected chi connectivity index (χ0v) is 15.9. The lowest BCUT2D eigenvalue weighted by Crippen LogP contribution is -2.17. The van der Waals surface area contributed by atoms with Gasteiger partial charge in [-0.3, -0.25) is 0 Å². The summed E-state index contributed by atoms with van der Waals surface area (Å²) >= 11 is 0. The maximum Gasteiger partial charge on any atom is 0.349 e. The lowest BCUT2D eigenvalue weighted by molar-refractivity contribution is -0.136. The van der Waals surface area contributed by atoms with E-state index in [9.17, 15) is 9.59 Å². The fourth-order valence-corrected chi connectivity index (χ4v) is 2.82. The molecule has 0 saturated heterocycles. The average molecular weight is 366 g/mol. The van der Waals surface area contributed by atoms with Crippen molar-refractivity contribution < 1.29 is 18.7 Å². The van der Waals surface area contributed by atoms with E-state index in [1.54, 1.807) is 18.2 Å². The Hall–Kier alpha value is -3.08. The van der Waals surface area contributed by atoms with Crippen LogP contribution in [0.1, 0.15) is 36.5 Å². The normalized spacial score (nSPS) is 11.0. The lowest BCUT2D eigenvalue weighted by atomic mass is 10.00. The number of esters is 1. The first-order valence-electron chi connectivity index (χ1n) is 8.82. The maximum atomic E-state index is 12.1. The average Bonchev–Trinajstić information content (AvgIpc) is 2.61. The summed E-state index contributed by atoms with van der Waals surface area (Å²) < 4.78 is 16.0. The number of carbonyl (C=O) groups is 1. The summed E-state index contributed by atoms with van der Waals surface area (Å²) in [6.07, 6.45) is 0. The van der Waals surface area contributed by atoms with Crippen molar-refractivity contribution in [3.8, 4) is 11.5 Å². The molecule has 0 N–H and O–H groups in total. The van der Waals surface area contributed by atoms with E-state index in [0.717, 1.165) is 22.1 Å². The van der Waals surface area contributed by atoms with Gasteiger partial charge in [0.15, 0.2) is 6.61 Å². The molecule has 0 fully saturated rings. The van der Waals surface area contributed by atoms with Gasteiger partial charge in [0.05, 0.1) is 0 Å². The molecule has 0 aliphatic heterocycles. The quantitative estimate of drug-likeness (QED) is 0.377. The van der Waals surface area contributed by atoms with Gasteiger partial charge in [0.1, 0.15) is 17.1 Å². The van der Waals surface area contributed by atoms with Crippen molar-refractivity contribution in [2.45, 2.75) is 33.6 Å². The van der Waals surface area contributed by atoms with Crippen molar-refractivity contribution in [1.82, 2.24) is 0 Å².